The smallest absolute Gasteiger partial charge is 0.264 e. The number of nitriles is 1. The molecule has 2 aromatic rings. The normalized spacial score (nSPS) is 10.6. The third-order valence-electron chi connectivity index (χ3n) is 4.04. The Kier molecular flexibility index (Phi) is 7.17. The van der Waals surface area contributed by atoms with E-state index in [1.54, 1.807) is 42.2 Å². The van der Waals surface area contributed by atoms with Crippen LogP contribution in [0.2, 0.25) is 5.02 Å². The second-order valence-electron chi connectivity index (χ2n) is 5.72. The Morgan fingerprint density at radius 3 is 2.44 bits per heavy atom. The Morgan fingerprint density at radius 2 is 1.89 bits per heavy atom. The van der Waals surface area contributed by atoms with E-state index in [0.717, 1.165) is 16.9 Å². The highest BCUT2D eigenvalue weighted by Crippen LogP contribution is 2.33. The number of amides is 2. The van der Waals surface area contributed by atoms with E-state index in [1.165, 1.54) is 6.08 Å². The van der Waals surface area contributed by atoms with Crippen LogP contribution in [0.4, 0.5) is 5.00 Å². The first-order valence-electron chi connectivity index (χ1n) is 8.48. The number of anilines is 1. The molecule has 0 saturated heterocycles. The minimum absolute atomic E-state index is 0.129. The van der Waals surface area contributed by atoms with Crippen molar-refractivity contribution in [1.29, 1.82) is 5.26 Å². The summed E-state index contributed by atoms with van der Waals surface area (Å²) in [5.74, 6) is -0.499. The first kappa shape index (κ1) is 20.7. The van der Waals surface area contributed by atoms with E-state index >= 15 is 0 Å². The number of hydrogen-bond donors (Lipinski definition) is 1. The summed E-state index contributed by atoms with van der Waals surface area (Å²) in [5, 5.41) is 13.2. The number of nitrogens with one attached hydrogen (secondary N) is 1. The van der Waals surface area contributed by atoms with Gasteiger partial charge < -0.3 is 10.2 Å². The molecule has 0 fully saturated rings. The van der Waals surface area contributed by atoms with Gasteiger partial charge in [0.05, 0.1) is 10.4 Å². The summed E-state index contributed by atoms with van der Waals surface area (Å²) in [4.78, 5) is 27.0. The van der Waals surface area contributed by atoms with Crippen molar-refractivity contribution in [2.75, 3.05) is 18.4 Å². The van der Waals surface area contributed by atoms with Crippen LogP contribution >= 0.6 is 22.9 Å². The molecule has 0 bridgehead atoms. The van der Waals surface area contributed by atoms with Gasteiger partial charge in [0.1, 0.15) is 11.1 Å². The Labute approximate surface area is 167 Å². The number of thiophene rings is 1. The Hall–Kier alpha value is -2.62. The molecule has 1 aromatic heterocycles. The minimum atomic E-state index is -0.371. The van der Waals surface area contributed by atoms with Crippen LogP contribution in [0.15, 0.2) is 30.3 Å². The lowest BCUT2D eigenvalue weighted by Crippen LogP contribution is -2.30. The Morgan fingerprint density at radius 1 is 1.26 bits per heavy atom. The van der Waals surface area contributed by atoms with Gasteiger partial charge in [-0.25, -0.2) is 0 Å². The minimum Gasteiger partial charge on any atom is -0.338 e. The summed E-state index contributed by atoms with van der Waals surface area (Å²) < 4.78 is 0. The molecule has 0 aliphatic carbocycles. The summed E-state index contributed by atoms with van der Waals surface area (Å²) >= 11 is 6.97. The van der Waals surface area contributed by atoms with Crippen molar-refractivity contribution in [3.8, 4) is 6.07 Å². The molecule has 2 rings (SSSR count). The summed E-state index contributed by atoms with van der Waals surface area (Å²) in [6.45, 7) is 6.70. The molecule has 1 heterocycles. The van der Waals surface area contributed by atoms with E-state index in [9.17, 15) is 14.9 Å². The highest BCUT2D eigenvalue weighted by Gasteiger charge is 2.23. The summed E-state index contributed by atoms with van der Waals surface area (Å²) in [5.41, 5.74) is 1.75. The molecule has 1 aromatic carbocycles. The van der Waals surface area contributed by atoms with E-state index in [-0.39, 0.29) is 11.8 Å². The van der Waals surface area contributed by atoms with Gasteiger partial charge in [-0.3, -0.25) is 9.59 Å². The number of rotatable bonds is 6. The van der Waals surface area contributed by atoms with Gasteiger partial charge in [-0.2, -0.15) is 5.26 Å². The molecule has 7 heteroatoms. The van der Waals surface area contributed by atoms with Gasteiger partial charge in [0, 0.05) is 24.2 Å². The van der Waals surface area contributed by atoms with Crippen molar-refractivity contribution in [2.24, 2.45) is 0 Å². The third kappa shape index (κ3) is 4.97. The van der Waals surface area contributed by atoms with Gasteiger partial charge in [-0.05, 0) is 50.1 Å². The molecular formula is C20H20ClN3O2S. The highest BCUT2D eigenvalue weighted by atomic mass is 35.5. The largest absolute Gasteiger partial charge is 0.338 e. The molecule has 2 amide bonds. The molecule has 0 radical (unpaired) electrons. The second kappa shape index (κ2) is 9.36. The molecule has 5 nitrogen and oxygen atoms in total. The van der Waals surface area contributed by atoms with Crippen molar-refractivity contribution >= 4 is 45.8 Å². The van der Waals surface area contributed by atoms with Crippen LogP contribution in [0.5, 0.6) is 0 Å². The van der Waals surface area contributed by atoms with Crippen molar-refractivity contribution < 1.29 is 9.59 Å². The van der Waals surface area contributed by atoms with Gasteiger partial charge in [0.2, 0.25) is 5.91 Å². The van der Waals surface area contributed by atoms with Gasteiger partial charge in [0.25, 0.3) is 5.91 Å². The molecule has 0 saturated carbocycles. The van der Waals surface area contributed by atoms with Crippen LogP contribution in [0, 0.1) is 18.3 Å². The molecular weight excluding hydrogens is 382 g/mol. The molecule has 0 atom stereocenters. The fourth-order valence-corrected chi connectivity index (χ4v) is 3.75. The molecule has 140 valence electrons. The zero-order valence-corrected chi connectivity index (χ0v) is 16.9. The topological polar surface area (TPSA) is 73.2 Å². The predicted molar refractivity (Wildman–Crippen MR) is 110 cm³/mol. The summed E-state index contributed by atoms with van der Waals surface area (Å²) in [6.07, 6.45) is 3.03. The quantitative estimate of drug-likeness (QED) is 0.712. The average molecular weight is 402 g/mol. The monoisotopic (exact) mass is 401 g/mol. The van der Waals surface area contributed by atoms with Crippen LogP contribution < -0.4 is 5.32 Å². The first-order valence-corrected chi connectivity index (χ1v) is 9.68. The number of halogens is 1. The molecule has 0 spiro atoms. The first-order chi connectivity index (χ1) is 12.9. The zero-order chi connectivity index (χ0) is 20.0. The van der Waals surface area contributed by atoms with Gasteiger partial charge >= 0.3 is 0 Å². The highest BCUT2D eigenvalue weighted by molar-refractivity contribution is 7.18. The Balaban J connectivity index is 2.21. The van der Waals surface area contributed by atoms with Crippen molar-refractivity contribution in [3.05, 3.63) is 56.9 Å². The maximum Gasteiger partial charge on any atom is 0.264 e. The van der Waals surface area contributed by atoms with Crippen LogP contribution in [-0.2, 0) is 4.79 Å². The maximum atomic E-state index is 12.6. The van der Waals surface area contributed by atoms with E-state index in [2.05, 4.69) is 11.4 Å². The lowest BCUT2D eigenvalue weighted by molar-refractivity contribution is -0.111. The predicted octanol–water partition coefficient (Wildman–Crippen LogP) is 4.72. The lowest BCUT2D eigenvalue weighted by atomic mass is 10.1. The van der Waals surface area contributed by atoms with Crippen molar-refractivity contribution in [3.63, 3.8) is 0 Å². The number of hydrogen-bond acceptors (Lipinski definition) is 4. The molecule has 0 unspecified atom stereocenters. The number of carbonyl (C=O) groups excluding carboxylic acids is 2. The molecule has 27 heavy (non-hydrogen) atoms. The lowest BCUT2D eigenvalue weighted by Gasteiger charge is -2.17. The zero-order valence-electron chi connectivity index (χ0n) is 15.4. The van der Waals surface area contributed by atoms with E-state index in [0.29, 0.717) is 39.1 Å². The van der Waals surface area contributed by atoms with E-state index in [1.807, 2.05) is 13.8 Å². The van der Waals surface area contributed by atoms with E-state index in [4.69, 9.17) is 11.6 Å². The maximum absolute atomic E-state index is 12.6. The van der Waals surface area contributed by atoms with Crippen LogP contribution in [0.25, 0.3) is 6.08 Å². The molecule has 1 N–H and O–H groups in total. The number of benzene rings is 1. The van der Waals surface area contributed by atoms with Crippen LogP contribution in [-0.4, -0.2) is 29.8 Å². The molecule has 0 aliphatic heterocycles. The van der Waals surface area contributed by atoms with Crippen LogP contribution in [0.3, 0.4) is 0 Å². The molecule has 0 aliphatic rings. The third-order valence-corrected chi connectivity index (χ3v) is 5.48. The fraction of sp³-hybridized carbons (Fsp3) is 0.250. The van der Waals surface area contributed by atoms with Crippen molar-refractivity contribution in [2.45, 2.75) is 20.8 Å². The van der Waals surface area contributed by atoms with Crippen molar-refractivity contribution in [1.82, 2.24) is 4.90 Å². The standard InChI is InChI=1S/C20H20ClN3O2S/c1-4-24(5-2)20(26)18-13(3)16(12-22)19(27-18)23-17(25)11-8-14-6-9-15(21)10-7-14/h6-11H,4-5H2,1-3H3,(H,23,25). The summed E-state index contributed by atoms with van der Waals surface area (Å²) in [6, 6.07) is 9.15. The fourth-order valence-electron chi connectivity index (χ4n) is 2.49. The van der Waals surface area contributed by atoms with Gasteiger partial charge in [0.15, 0.2) is 0 Å². The van der Waals surface area contributed by atoms with Gasteiger partial charge in [-0.1, -0.05) is 23.7 Å². The Bertz CT molecular complexity index is 907. The van der Waals surface area contributed by atoms with Gasteiger partial charge in [-0.15, -0.1) is 11.3 Å². The van der Waals surface area contributed by atoms with E-state index < -0.39 is 0 Å². The SMILES string of the molecule is CCN(CC)C(=O)c1sc(NC(=O)C=Cc2ccc(Cl)cc2)c(C#N)c1C. The summed E-state index contributed by atoms with van der Waals surface area (Å²) in [7, 11) is 0. The second-order valence-corrected chi connectivity index (χ2v) is 7.18. The average Bonchev–Trinajstić information content (AvgIpc) is 2.97. The number of carbonyl (C=O) groups is 2. The number of nitrogens with zero attached hydrogens (tertiary/aromatic N) is 2. The van der Waals surface area contributed by atoms with Crippen LogP contribution in [0.1, 0.15) is 40.2 Å².